The Morgan fingerprint density at radius 1 is 1.27 bits per heavy atom. The van der Waals surface area contributed by atoms with E-state index >= 15 is 0 Å². The minimum atomic E-state index is -0.0306. The Hall–Kier alpha value is -2.28. The van der Waals surface area contributed by atoms with Gasteiger partial charge in [-0.2, -0.15) is 10.2 Å². The van der Waals surface area contributed by atoms with Gasteiger partial charge in [0, 0.05) is 31.8 Å². The van der Waals surface area contributed by atoms with Gasteiger partial charge in [0.2, 0.25) is 0 Å². The Morgan fingerprint density at radius 3 is 2.88 bits per heavy atom. The Bertz CT molecular complexity index is 755. The van der Waals surface area contributed by atoms with E-state index < -0.39 is 0 Å². The smallest absolute Gasteiger partial charge is 0.255 e. The third-order valence-corrected chi connectivity index (χ3v) is 5.50. The largest absolute Gasteiger partial charge is 0.380 e. The van der Waals surface area contributed by atoms with E-state index in [1.165, 1.54) is 37.6 Å². The number of ether oxygens (including phenoxy) is 1. The molecule has 0 aromatic carbocycles. The van der Waals surface area contributed by atoms with E-state index in [0.717, 1.165) is 12.3 Å². The fraction of sp³-hybridized carbons (Fsp3) is 0.579. The van der Waals surface area contributed by atoms with Gasteiger partial charge in [-0.15, -0.1) is 0 Å². The molecule has 0 radical (unpaired) electrons. The molecule has 0 N–H and O–H groups in total. The number of carbonyl (C=O) groups is 1. The summed E-state index contributed by atoms with van der Waals surface area (Å²) in [6.45, 7) is 2.61. The van der Waals surface area contributed by atoms with E-state index in [1.54, 1.807) is 12.3 Å². The number of fused-ring (bicyclic) bond motifs is 1. The normalized spacial score (nSPS) is 20.3. The molecular weight excluding hydrogens is 330 g/mol. The molecule has 0 spiro atoms. The Labute approximate surface area is 153 Å². The number of carbonyl (C=O) groups excluding carboxylic acids is 1. The molecule has 4 rings (SSSR count). The first-order valence-corrected chi connectivity index (χ1v) is 9.36. The van der Waals surface area contributed by atoms with Gasteiger partial charge in [0.15, 0.2) is 0 Å². The molecule has 2 aromatic heterocycles. The van der Waals surface area contributed by atoms with Gasteiger partial charge in [-0.1, -0.05) is 12.8 Å². The van der Waals surface area contributed by atoms with Crippen LogP contribution in [0.3, 0.4) is 0 Å². The summed E-state index contributed by atoms with van der Waals surface area (Å²) in [7, 11) is 2.01. The lowest BCUT2D eigenvalue weighted by molar-refractivity contribution is 0.0571. The Morgan fingerprint density at radius 2 is 2.12 bits per heavy atom. The molecule has 2 aliphatic rings. The number of hydrogen-bond acceptors (Lipinski definition) is 5. The van der Waals surface area contributed by atoms with Crippen molar-refractivity contribution in [3.05, 3.63) is 41.7 Å². The highest BCUT2D eigenvalue weighted by Gasteiger charge is 2.32. The van der Waals surface area contributed by atoms with Crippen molar-refractivity contribution in [1.82, 2.24) is 24.6 Å². The van der Waals surface area contributed by atoms with Crippen LogP contribution in [0.4, 0.5) is 0 Å². The summed E-state index contributed by atoms with van der Waals surface area (Å²) in [6, 6.07) is 1.70. The van der Waals surface area contributed by atoms with Gasteiger partial charge < -0.3 is 14.2 Å². The quantitative estimate of drug-likeness (QED) is 0.822. The molecule has 0 saturated heterocycles. The van der Waals surface area contributed by atoms with Gasteiger partial charge in [-0.25, -0.2) is 4.98 Å². The van der Waals surface area contributed by atoms with Gasteiger partial charge in [0.1, 0.15) is 0 Å². The molecule has 7 nitrogen and oxygen atoms in total. The number of aryl methyl sites for hydroxylation is 1. The van der Waals surface area contributed by atoms with Gasteiger partial charge in [0.05, 0.1) is 43.1 Å². The van der Waals surface area contributed by atoms with E-state index in [2.05, 4.69) is 19.7 Å². The average Bonchev–Trinajstić information content (AvgIpc) is 3.32. The summed E-state index contributed by atoms with van der Waals surface area (Å²) in [5.74, 6) is 0.814. The van der Waals surface area contributed by atoms with E-state index in [9.17, 15) is 4.79 Å². The maximum atomic E-state index is 12.8. The van der Waals surface area contributed by atoms with Crippen molar-refractivity contribution in [3.63, 3.8) is 0 Å². The van der Waals surface area contributed by atoms with E-state index in [1.807, 2.05) is 18.3 Å². The first-order valence-electron chi connectivity index (χ1n) is 9.36. The van der Waals surface area contributed by atoms with Crippen LogP contribution in [0.25, 0.3) is 0 Å². The number of rotatable bonds is 5. The molecule has 2 aromatic rings. The molecule has 1 unspecified atom stereocenters. The van der Waals surface area contributed by atoms with E-state index in [4.69, 9.17) is 4.74 Å². The standard InChI is InChI=1S/C19H25N5O2/c1-23-13-20-17-10-24(19(25)15-6-7-21-22-8-15)9-16(18(17)23)12-26-11-14-4-2-3-5-14/h6-8,13-14,16H,2-5,9-12H2,1H3. The van der Waals surface area contributed by atoms with Crippen LogP contribution in [0.5, 0.6) is 0 Å². The number of hydrogen-bond donors (Lipinski definition) is 0. The van der Waals surface area contributed by atoms with Gasteiger partial charge in [-0.05, 0) is 24.8 Å². The molecule has 1 amide bonds. The molecule has 7 heteroatoms. The SMILES string of the molecule is Cn1cnc2c1C(COCC1CCCC1)CN(C(=O)c1ccnnc1)C2. The summed E-state index contributed by atoms with van der Waals surface area (Å²) < 4.78 is 8.13. The minimum Gasteiger partial charge on any atom is -0.380 e. The van der Waals surface area contributed by atoms with E-state index in [-0.39, 0.29) is 11.8 Å². The van der Waals surface area contributed by atoms with Crippen molar-refractivity contribution < 1.29 is 9.53 Å². The molecular formula is C19H25N5O2. The summed E-state index contributed by atoms with van der Waals surface area (Å²) in [6.07, 6.45) is 10.1. The van der Waals surface area contributed by atoms with Gasteiger partial charge >= 0.3 is 0 Å². The number of aromatic nitrogens is 4. The zero-order chi connectivity index (χ0) is 17.9. The molecule has 26 heavy (non-hydrogen) atoms. The number of amides is 1. The third-order valence-electron chi connectivity index (χ3n) is 5.50. The predicted molar refractivity (Wildman–Crippen MR) is 95.5 cm³/mol. The first kappa shape index (κ1) is 17.1. The van der Waals surface area contributed by atoms with Crippen molar-refractivity contribution in [2.24, 2.45) is 13.0 Å². The molecule has 1 saturated carbocycles. The summed E-state index contributed by atoms with van der Waals surface area (Å²) in [5.41, 5.74) is 2.71. The predicted octanol–water partition coefficient (Wildman–Crippen LogP) is 2.16. The van der Waals surface area contributed by atoms with Crippen LogP contribution in [0, 0.1) is 5.92 Å². The van der Waals surface area contributed by atoms with Crippen molar-refractivity contribution in [2.75, 3.05) is 19.8 Å². The average molecular weight is 355 g/mol. The number of nitrogens with zero attached hydrogens (tertiary/aromatic N) is 5. The molecule has 138 valence electrons. The van der Waals surface area contributed by atoms with Gasteiger partial charge in [0.25, 0.3) is 5.91 Å². The lowest BCUT2D eigenvalue weighted by Crippen LogP contribution is -2.40. The highest BCUT2D eigenvalue weighted by Crippen LogP contribution is 2.30. The monoisotopic (exact) mass is 355 g/mol. The Kier molecular flexibility index (Phi) is 4.97. The lowest BCUT2D eigenvalue weighted by Gasteiger charge is -2.33. The molecule has 1 aliphatic heterocycles. The highest BCUT2D eigenvalue weighted by molar-refractivity contribution is 5.93. The van der Waals surface area contributed by atoms with Crippen LogP contribution in [0.1, 0.15) is 53.3 Å². The second-order valence-electron chi connectivity index (χ2n) is 7.39. The fourth-order valence-electron chi connectivity index (χ4n) is 4.17. The molecule has 0 bridgehead atoms. The van der Waals surface area contributed by atoms with Crippen LogP contribution in [0.15, 0.2) is 24.8 Å². The van der Waals surface area contributed by atoms with Crippen molar-refractivity contribution >= 4 is 5.91 Å². The summed E-state index contributed by atoms with van der Waals surface area (Å²) >= 11 is 0. The fourth-order valence-corrected chi connectivity index (χ4v) is 4.17. The van der Waals surface area contributed by atoms with Crippen LogP contribution in [0.2, 0.25) is 0 Å². The van der Waals surface area contributed by atoms with Crippen molar-refractivity contribution in [1.29, 1.82) is 0 Å². The Balaban J connectivity index is 1.47. The number of imidazole rings is 1. The van der Waals surface area contributed by atoms with Crippen molar-refractivity contribution in [3.8, 4) is 0 Å². The van der Waals surface area contributed by atoms with E-state index in [0.29, 0.717) is 31.2 Å². The van der Waals surface area contributed by atoms with Gasteiger partial charge in [-0.3, -0.25) is 4.79 Å². The maximum Gasteiger partial charge on any atom is 0.255 e. The second kappa shape index (κ2) is 7.53. The summed E-state index contributed by atoms with van der Waals surface area (Å²) in [4.78, 5) is 19.2. The first-order chi connectivity index (χ1) is 12.7. The minimum absolute atomic E-state index is 0.0306. The van der Waals surface area contributed by atoms with Crippen LogP contribution >= 0.6 is 0 Å². The van der Waals surface area contributed by atoms with Crippen LogP contribution in [-0.2, 0) is 18.3 Å². The second-order valence-corrected chi connectivity index (χ2v) is 7.39. The zero-order valence-corrected chi connectivity index (χ0v) is 15.2. The van der Waals surface area contributed by atoms with Crippen LogP contribution < -0.4 is 0 Å². The summed E-state index contributed by atoms with van der Waals surface area (Å²) in [5, 5.41) is 7.57. The maximum absolute atomic E-state index is 12.8. The molecule has 1 atom stereocenters. The van der Waals surface area contributed by atoms with Crippen LogP contribution in [-0.4, -0.2) is 50.3 Å². The molecule has 3 heterocycles. The highest BCUT2D eigenvalue weighted by atomic mass is 16.5. The zero-order valence-electron chi connectivity index (χ0n) is 15.2. The topological polar surface area (TPSA) is 73.1 Å². The molecule has 1 fully saturated rings. The third kappa shape index (κ3) is 3.49. The molecule has 1 aliphatic carbocycles. The van der Waals surface area contributed by atoms with Crippen molar-refractivity contribution in [2.45, 2.75) is 38.1 Å². The lowest BCUT2D eigenvalue weighted by atomic mass is 9.98.